The van der Waals surface area contributed by atoms with Gasteiger partial charge in [-0.2, -0.15) is 4.31 Å². The molecule has 4 rings (SSSR count). The molecule has 1 atom stereocenters. The molecule has 28 heavy (non-hydrogen) atoms. The second kappa shape index (κ2) is 7.63. The van der Waals surface area contributed by atoms with E-state index in [-0.39, 0.29) is 18.1 Å². The molecule has 1 saturated heterocycles. The summed E-state index contributed by atoms with van der Waals surface area (Å²) in [7, 11) is -1.92. The molecule has 0 saturated carbocycles. The lowest BCUT2D eigenvalue weighted by Crippen LogP contribution is -2.42. The minimum absolute atomic E-state index is 0.0416. The lowest BCUT2D eigenvalue weighted by Gasteiger charge is -2.31. The SMILES string of the molecule is Cn1cnc(S(=O)(=O)N2CCOC(c3ccc(-c4cccc(Cl)c4)cn3)C2)c1. The molecule has 2 aromatic heterocycles. The van der Waals surface area contributed by atoms with Crippen molar-refractivity contribution in [2.75, 3.05) is 19.7 Å². The van der Waals surface area contributed by atoms with Crippen molar-refractivity contribution >= 4 is 21.6 Å². The number of rotatable bonds is 4. The zero-order chi connectivity index (χ0) is 19.7. The molecule has 3 heterocycles. The predicted molar refractivity (Wildman–Crippen MR) is 105 cm³/mol. The van der Waals surface area contributed by atoms with Crippen LogP contribution < -0.4 is 0 Å². The van der Waals surface area contributed by atoms with Crippen molar-refractivity contribution in [3.63, 3.8) is 0 Å². The van der Waals surface area contributed by atoms with Gasteiger partial charge >= 0.3 is 0 Å². The Morgan fingerprint density at radius 1 is 1.18 bits per heavy atom. The van der Waals surface area contributed by atoms with Gasteiger partial charge in [0.05, 0.1) is 18.6 Å². The number of ether oxygens (including phenoxy) is 1. The minimum atomic E-state index is -3.66. The number of sulfonamides is 1. The van der Waals surface area contributed by atoms with Crippen LogP contribution in [0.2, 0.25) is 5.02 Å². The van der Waals surface area contributed by atoms with Gasteiger partial charge in [-0.3, -0.25) is 4.98 Å². The van der Waals surface area contributed by atoms with E-state index in [2.05, 4.69) is 9.97 Å². The van der Waals surface area contributed by atoms with E-state index in [1.165, 1.54) is 16.8 Å². The van der Waals surface area contributed by atoms with Gasteiger partial charge < -0.3 is 9.30 Å². The van der Waals surface area contributed by atoms with Crippen LogP contribution in [-0.4, -0.2) is 47.0 Å². The maximum Gasteiger partial charge on any atom is 0.262 e. The van der Waals surface area contributed by atoms with Crippen molar-refractivity contribution in [2.24, 2.45) is 7.05 Å². The summed E-state index contributed by atoms with van der Waals surface area (Å²) in [5.41, 5.74) is 2.59. The van der Waals surface area contributed by atoms with Crippen molar-refractivity contribution in [2.45, 2.75) is 11.1 Å². The zero-order valence-corrected chi connectivity index (χ0v) is 16.8. The van der Waals surface area contributed by atoms with Crippen molar-refractivity contribution in [3.05, 3.63) is 65.8 Å². The number of morpholine rings is 1. The number of hydrogen-bond acceptors (Lipinski definition) is 5. The third kappa shape index (κ3) is 3.81. The molecule has 1 aliphatic heterocycles. The maximum absolute atomic E-state index is 12.8. The largest absolute Gasteiger partial charge is 0.369 e. The molecule has 0 radical (unpaired) electrons. The smallest absolute Gasteiger partial charge is 0.262 e. The molecule has 1 unspecified atom stereocenters. The van der Waals surface area contributed by atoms with Crippen molar-refractivity contribution < 1.29 is 13.2 Å². The van der Waals surface area contributed by atoms with Gasteiger partial charge in [0.15, 0.2) is 5.03 Å². The van der Waals surface area contributed by atoms with E-state index in [0.29, 0.717) is 17.3 Å². The van der Waals surface area contributed by atoms with Crippen LogP contribution in [0, 0.1) is 0 Å². The number of pyridine rings is 1. The van der Waals surface area contributed by atoms with Crippen LogP contribution in [0.5, 0.6) is 0 Å². The van der Waals surface area contributed by atoms with Crippen LogP contribution in [0.1, 0.15) is 11.8 Å². The molecule has 0 aliphatic carbocycles. The van der Waals surface area contributed by atoms with E-state index in [9.17, 15) is 8.42 Å². The highest BCUT2D eigenvalue weighted by molar-refractivity contribution is 7.89. The van der Waals surface area contributed by atoms with Crippen LogP contribution >= 0.6 is 11.6 Å². The Labute approximate surface area is 168 Å². The fourth-order valence-corrected chi connectivity index (χ4v) is 4.69. The third-order valence-electron chi connectivity index (χ3n) is 4.59. The Hall–Kier alpha value is -2.26. The predicted octanol–water partition coefficient (Wildman–Crippen LogP) is 2.90. The molecule has 9 heteroatoms. The highest BCUT2D eigenvalue weighted by atomic mass is 35.5. The molecule has 146 valence electrons. The van der Waals surface area contributed by atoms with Gasteiger partial charge in [-0.15, -0.1) is 0 Å². The van der Waals surface area contributed by atoms with Gasteiger partial charge in [0.1, 0.15) is 6.10 Å². The van der Waals surface area contributed by atoms with Crippen LogP contribution in [-0.2, 0) is 21.8 Å². The first-order chi connectivity index (χ1) is 13.4. The van der Waals surface area contributed by atoms with Crippen molar-refractivity contribution in [3.8, 4) is 11.1 Å². The lowest BCUT2D eigenvalue weighted by atomic mass is 10.1. The van der Waals surface area contributed by atoms with Gasteiger partial charge in [0.25, 0.3) is 10.0 Å². The summed E-state index contributed by atoms with van der Waals surface area (Å²) >= 11 is 6.05. The van der Waals surface area contributed by atoms with Gasteiger partial charge in [-0.25, -0.2) is 13.4 Å². The first kappa shape index (κ1) is 19.1. The Balaban J connectivity index is 1.53. The summed E-state index contributed by atoms with van der Waals surface area (Å²) in [6, 6.07) is 11.3. The topological polar surface area (TPSA) is 77.3 Å². The summed E-state index contributed by atoms with van der Waals surface area (Å²) in [6.07, 6.45) is 4.29. The molecule has 1 aromatic carbocycles. The Morgan fingerprint density at radius 2 is 2.04 bits per heavy atom. The number of aryl methyl sites for hydroxylation is 1. The molecule has 0 bridgehead atoms. The molecule has 0 spiro atoms. The van der Waals surface area contributed by atoms with E-state index in [0.717, 1.165) is 11.1 Å². The van der Waals surface area contributed by atoms with Crippen LogP contribution in [0.4, 0.5) is 0 Å². The van der Waals surface area contributed by atoms with E-state index < -0.39 is 16.1 Å². The fraction of sp³-hybridized carbons (Fsp3) is 0.263. The number of nitrogens with zero attached hydrogens (tertiary/aromatic N) is 4. The van der Waals surface area contributed by atoms with E-state index in [1.54, 1.807) is 17.8 Å². The molecule has 1 fully saturated rings. The van der Waals surface area contributed by atoms with Gasteiger partial charge in [0.2, 0.25) is 0 Å². The standard InChI is InChI=1S/C19H19ClN4O3S/c1-23-12-19(22-13-23)28(25,26)24-7-8-27-18(11-24)17-6-5-15(10-21-17)14-3-2-4-16(20)9-14/h2-6,9-10,12-13,18H,7-8,11H2,1H3. The second-order valence-corrected chi connectivity index (χ2v) is 8.90. The average Bonchev–Trinajstić information content (AvgIpc) is 3.15. The van der Waals surface area contributed by atoms with E-state index >= 15 is 0 Å². The molecular formula is C19H19ClN4O3S. The Bertz CT molecular complexity index is 1080. The summed E-state index contributed by atoms with van der Waals surface area (Å²) in [6.45, 7) is 0.785. The van der Waals surface area contributed by atoms with Crippen LogP contribution in [0.25, 0.3) is 11.1 Å². The van der Waals surface area contributed by atoms with Gasteiger partial charge in [-0.1, -0.05) is 29.8 Å². The first-order valence-corrected chi connectivity index (χ1v) is 10.6. The summed E-state index contributed by atoms with van der Waals surface area (Å²) in [5.74, 6) is 0. The number of imidazole rings is 1. The third-order valence-corrected chi connectivity index (χ3v) is 6.57. The molecule has 1 aliphatic rings. The average molecular weight is 419 g/mol. The van der Waals surface area contributed by atoms with Crippen molar-refractivity contribution in [1.82, 2.24) is 18.8 Å². The molecular weight excluding hydrogens is 400 g/mol. The van der Waals surface area contributed by atoms with Crippen molar-refractivity contribution in [1.29, 1.82) is 0 Å². The first-order valence-electron chi connectivity index (χ1n) is 8.75. The molecule has 0 N–H and O–H groups in total. The van der Waals surface area contributed by atoms with Gasteiger partial charge in [-0.05, 0) is 23.8 Å². The Morgan fingerprint density at radius 3 is 2.71 bits per heavy atom. The summed E-state index contributed by atoms with van der Waals surface area (Å²) < 4.78 is 34.4. The highest BCUT2D eigenvalue weighted by Gasteiger charge is 2.33. The number of aromatic nitrogens is 3. The summed E-state index contributed by atoms with van der Waals surface area (Å²) in [5, 5.41) is 0.701. The fourth-order valence-electron chi connectivity index (χ4n) is 3.11. The quantitative estimate of drug-likeness (QED) is 0.651. The minimum Gasteiger partial charge on any atom is -0.369 e. The molecule has 3 aromatic rings. The lowest BCUT2D eigenvalue weighted by molar-refractivity contribution is -0.00498. The Kier molecular flexibility index (Phi) is 5.20. The number of hydrogen-bond donors (Lipinski definition) is 0. The van der Waals surface area contributed by atoms with Gasteiger partial charge in [0, 0.05) is 43.1 Å². The highest BCUT2D eigenvalue weighted by Crippen LogP contribution is 2.27. The summed E-state index contributed by atoms with van der Waals surface area (Å²) in [4.78, 5) is 8.47. The van der Waals surface area contributed by atoms with E-state index in [4.69, 9.17) is 16.3 Å². The molecule has 7 nitrogen and oxygen atoms in total. The zero-order valence-electron chi connectivity index (χ0n) is 15.2. The monoisotopic (exact) mass is 418 g/mol. The van der Waals surface area contributed by atoms with Crippen LogP contribution in [0.15, 0.2) is 60.1 Å². The maximum atomic E-state index is 12.8. The second-order valence-electron chi connectivity index (χ2n) is 6.58. The number of halogens is 1. The van der Waals surface area contributed by atoms with E-state index in [1.807, 2.05) is 36.4 Å². The normalized spacial score (nSPS) is 18.3. The molecule has 0 amide bonds. The number of benzene rings is 1. The van der Waals surface area contributed by atoms with Crippen LogP contribution in [0.3, 0.4) is 0 Å².